The normalized spacial score (nSPS) is 45.9. The minimum atomic E-state index is -1.81. The summed E-state index contributed by atoms with van der Waals surface area (Å²) in [6, 6.07) is 0. The van der Waals surface area contributed by atoms with Gasteiger partial charge in [0, 0.05) is 5.92 Å². The number of fused-ring (bicyclic) bond motifs is 1. The summed E-state index contributed by atoms with van der Waals surface area (Å²) < 4.78 is 27.1. The van der Waals surface area contributed by atoms with Crippen molar-refractivity contribution in [1.82, 2.24) is 0 Å². The maximum absolute atomic E-state index is 13.0. The summed E-state index contributed by atoms with van der Waals surface area (Å²) >= 11 is 0. The molecule has 15 nitrogen and oxygen atoms in total. The Bertz CT molecular complexity index is 874. The van der Waals surface area contributed by atoms with E-state index in [9.17, 15) is 50.8 Å². The van der Waals surface area contributed by atoms with E-state index in [1.807, 2.05) is 0 Å². The molecule has 0 unspecified atom stereocenters. The molecule has 0 aromatic carbocycles. The van der Waals surface area contributed by atoms with Crippen LogP contribution < -0.4 is 0 Å². The van der Waals surface area contributed by atoms with E-state index in [-0.39, 0.29) is 12.0 Å². The second-order valence-electron chi connectivity index (χ2n) is 9.32. The van der Waals surface area contributed by atoms with Gasteiger partial charge < -0.3 is 69.6 Å². The van der Waals surface area contributed by atoms with Gasteiger partial charge in [0.25, 0.3) is 0 Å². The second kappa shape index (κ2) is 11.6. The molecule has 0 bridgehead atoms. The zero-order valence-electron chi connectivity index (χ0n) is 19.5. The Hall–Kier alpha value is -1.73. The first-order valence-corrected chi connectivity index (χ1v) is 11.8. The smallest absolute Gasteiger partial charge is 0.339 e. The summed E-state index contributed by atoms with van der Waals surface area (Å²) in [7, 11) is 0. The maximum atomic E-state index is 13.0. The van der Waals surface area contributed by atoms with Crippen LogP contribution in [0.25, 0.3) is 0 Å². The zero-order valence-corrected chi connectivity index (χ0v) is 19.5. The van der Waals surface area contributed by atoms with E-state index >= 15 is 0 Å². The minimum absolute atomic E-state index is 0.0321. The van der Waals surface area contributed by atoms with Gasteiger partial charge in [0.05, 0.1) is 37.6 Å². The van der Waals surface area contributed by atoms with Crippen LogP contribution in [0.5, 0.6) is 0 Å². The van der Waals surface area contributed by atoms with Crippen molar-refractivity contribution in [2.75, 3.05) is 19.8 Å². The van der Waals surface area contributed by atoms with E-state index in [0.717, 1.165) is 6.26 Å². The highest BCUT2D eigenvalue weighted by atomic mass is 16.8. The van der Waals surface area contributed by atoms with Crippen molar-refractivity contribution in [3.8, 4) is 0 Å². The summed E-state index contributed by atoms with van der Waals surface area (Å²) in [5, 5.41) is 88.9. The molecule has 4 rings (SSSR count). The molecule has 0 radical (unpaired) electrons. The lowest BCUT2D eigenvalue weighted by atomic mass is 9.83. The fourth-order valence-electron chi connectivity index (χ4n) is 4.95. The third-order valence-electron chi connectivity index (χ3n) is 7.12. The van der Waals surface area contributed by atoms with Crippen molar-refractivity contribution in [1.29, 1.82) is 0 Å². The van der Waals surface area contributed by atoms with Crippen LogP contribution >= 0.6 is 0 Å². The molecule has 0 aromatic heterocycles. The summed E-state index contributed by atoms with van der Waals surface area (Å²) in [4.78, 5) is 13.0. The highest BCUT2D eigenvalue weighted by Crippen LogP contribution is 2.44. The molecule has 13 atom stereocenters. The molecular weight excluding hydrogens is 504 g/mol. The Morgan fingerprint density at radius 3 is 1.95 bits per heavy atom. The molecule has 0 spiro atoms. The van der Waals surface area contributed by atoms with E-state index in [4.69, 9.17) is 23.7 Å². The zero-order chi connectivity index (χ0) is 27.0. The number of hydrogen-bond donors (Lipinski definition) is 9. The fourth-order valence-corrected chi connectivity index (χ4v) is 4.95. The molecule has 2 fully saturated rings. The maximum Gasteiger partial charge on any atom is 0.339 e. The number of aliphatic hydroxyl groups is 9. The van der Waals surface area contributed by atoms with Gasteiger partial charge in [-0.2, -0.15) is 0 Å². The van der Waals surface area contributed by atoms with E-state index in [0.29, 0.717) is 5.57 Å². The van der Waals surface area contributed by atoms with Gasteiger partial charge in [-0.3, -0.25) is 0 Å². The Kier molecular flexibility index (Phi) is 8.84. The van der Waals surface area contributed by atoms with Crippen LogP contribution in [0.4, 0.5) is 0 Å². The summed E-state index contributed by atoms with van der Waals surface area (Å²) in [5.41, 5.74) is 0.404. The third-order valence-corrected chi connectivity index (χ3v) is 7.12. The quantitative estimate of drug-likeness (QED) is 0.109. The predicted molar refractivity (Wildman–Crippen MR) is 114 cm³/mol. The topological polar surface area (TPSA) is 245 Å². The second-order valence-corrected chi connectivity index (χ2v) is 9.32. The molecule has 2 saturated heterocycles. The lowest BCUT2D eigenvalue weighted by molar-refractivity contribution is -0.339. The van der Waals surface area contributed by atoms with Gasteiger partial charge in [-0.15, -0.1) is 0 Å². The van der Waals surface area contributed by atoms with Gasteiger partial charge in [-0.05, 0) is 12.0 Å². The number of allylic oxidation sites excluding steroid dienone is 1. The van der Waals surface area contributed by atoms with Crippen LogP contribution in [0.15, 0.2) is 23.5 Å². The molecule has 37 heavy (non-hydrogen) atoms. The van der Waals surface area contributed by atoms with E-state index in [1.165, 1.54) is 0 Å². The van der Waals surface area contributed by atoms with Crippen molar-refractivity contribution in [2.24, 2.45) is 11.8 Å². The van der Waals surface area contributed by atoms with Crippen LogP contribution in [0, 0.1) is 11.8 Å². The van der Waals surface area contributed by atoms with Crippen LogP contribution in [-0.2, 0) is 28.5 Å². The minimum Gasteiger partial charge on any atom is -0.471 e. The van der Waals surface area contributed by atoms with Crippen molar-refractivity contribution >= 4 is 5.97 Å². The number of ether oxygens (including phenoxy) is 5. The van der Waals surface area contributed by atoms with Gasteiger partial charge in [-0.1, -0.05) is 6.08 Å². The first kappa shape index (κ1) is 28.3. The first-order chi connectivity index (χ1) is 17.6. The van der Waals surface area contributed by atoms with Crippen LogP contribution in [0.3, 0.4) is 0 Å². The van der Waals surface area contributed by atoms with Crippen LogP contribution in [0.1, 0.15) is 6.42 Å². The molecule has 210 valence electrons. The predicted octanol–water partition coefficient (Wildman–Crippen LogP) is -5.06. The number of carbonyl (C=O) groups is 1. The van der Waals surface area contributed by atoms with E-state index in [2.05, 4.69) is 0 Å². The standard InChI is InChI=1S/C22H32O15/c23-3-7-1-2-8-9(19(32)36-21-17(30)15(28)13(26)10(4-24)34-21)6-33-20(12(7)8)37-22-18(31)16(29)14(27)11(5-25)35-22/h1,6,8,10-18,20-31H,2-5H2/t8-,10-,11-,12-,13-,14-,15+,16+,17-,18-,20+,21+,22+/m1/s1. The van der Waals surface area contributed by atoms with Crippen LogP contribution in [-0.4, -0.2) is 139 Å². The number of carbonyl (C=O) groups excluding carboxylic acids is 1. The summed E-state index contributed by atoms with van der Waals surface area (Å²) in [6.07, 6.45) is -14.2. The Morgan fingerprint density at radius 1 is 0.811 bits per heavy atom. The average Bonchev–Trinajstić information content (AvgIpc) is 3.34. The van der Waals surface area contributed by atoms with Gasteiger partial charge >= 0.3 is 5.97 Å². The van der Waals surface area contributed by atoms with E-state index < -0.39 is 105 Å². The average molecular weight is 536 g/mol. The number of aliphatic hydroxyl groups excluding tert-OH is 9. The molecule has 9 N–H and O–H groups in total. The lowest BCUT2D eigenvalue weighted by Gasteiger charge is -2.43. The molecule has 1 aliphatic carbocycles. The lowest BCUT2D eigenvalue weighted by Crippen LogP contribution is -2.60. The Labute approximate surface area is 210 Å². The number of rotatable bonds is 7. The van der Waals surface area contributed by atoms with Crippen molar-refractivity contribution in [3.05, 3.63) is 23.5 Å². The van der Waals surface area contributed by atoms with Crippen molar-refractivity contribution in [3.63, 3.8) is 0 Å². The van der Waals surface area contributed by atoms with Gasteiger partial charge in [-0.25, -0.2) is 4.79 Å². The van der Waals surface area contributed by atoms with Crippen molar-refractivity contribution < 1.29 is 74.4 Å². The van der Waals surface area contributed by atoms with Crippen LogP contribution in [0.2, 0.25) is 0 Å². The molecule has 15 heteroatoms. The summed E-state index contributed by atoms with van der Waals surface area (Å²) in [5.74, 6) is -2.44. The highest BCUT2D eigenvalue weighted by molar-refractivity contribution is 5.89. The van der Waals surface area contributed by atoms with E-state index in [1.54, 1.807) is 6.08 Å². The van der Waals surface area contributed by atoms with Gasteiger partial charge in [0.1, 0.15) is 48.8 Å². The Morgan fingerprint density at radius 2 is 1.38 bits per heavy atom. The molecule has 3 heterocycles. The number of hydrogen-bond acceptors (Lipinski definition) is 15. The Balaban J connectivity index is 1.50. The molecule has 3 aliphatic heterocycles. The third kappa shape index (κ3) is 5.27. The van der Waals surface area contributed by atoms with Gasteiger partial charge in [0.2, 0.25) is 12.6 Å². The van der Waals surface area contributed by atoms with Gasteiger partial charge in [0.15, 0.2) is 6.29 Å². The van der Waals surface area contributed by atoms with Crippen molar-refractivity contribution in [2.45, 2.75) is 74.1 Å². The molecule has 0 amide bonds. The molecular formula is C22H32O15. The summed E-state index contributed by atoms with van der Waals surface area (Å²) in [6.45, 7) is -1.80. The monoisotopic (exact) mass is 536 g/mol. The largest absolute Gasteiger partial charge is 0.471 e. The molecule has 4 aliphatic rings. The highest BCUT2D eigenvalue weighted by Gasteiger charge is 2.51. The first-order valence-electron chi connectivity index (χ1n) is 11.8. The SMILES string of the molecule is O=C(O[C@@H]1O[C@H](CO)[C@@H](O)[C@H](O)[C@H]1O)C1=CO[C@@H](O[C@@H]2O[C@H](CO)[C@@H](O)[C@H](O)[C@H]2O)[C@@H]2C(CO)=CC[C@H]12. The molecule has 0 aromatic rings. The molecule has 0 saturated carbocycles. The number of esters is 1. The fraction of sp³-hybridized carbons (Fsp3) is 0.773.